The fraction of sp³-hybridized carbons (Fsp3) is 0.615. The number of halogens is 3. The number of nitrogens with zero attached hydrogens (tertiary/aromatic N) is 2. The van der Waals surface area contributed by atoms with Crippen LogP contribution in [0.25, 0.3) is 0 Å². The number of rotatable bonds is 9. The van der Waals surface area contributed by atoms with E-state index >= 15 is 0 Å². The van der Waals surface area contributed by atoms with Crippen molar-refractivity contribution in [1.82, 2.24) is 9.78 Å². The minimum atomic E-state index is -4.84. The van der Waals surface area contributed by atoms with Gasteiger partial charge in [0.1, 0.15) is 30.6 Å². The number of alkyl halides is 3. The Hall–Kier alpha value is -2.91. The summed E-state index contributed by atoms with van der Waals surface area (Å²) in [6, 6.07) is 6.36. The second kappa shape index (κ2) is 11.9. The second-order valence-corrected chi connectivity index (χ2v) is 9.82. The molecular formula is C26H33F3N2O9. The molecule has 1 saturated carbocycles. The summed E-state index contributed by atoms with van der Waals surface area (Å²) in [6.07, 6.45) is -11.8. The Morgan fingerprint density at radius 2 is 1.75 bits per heavy atom. The third kappa shape index (κ3) is 6.20. The summed E-state index contributed by atoms with van der Waals surface area (Å²) >= 11 is 0. The fourth-order valence-electron chi connectivity index (χ4n) is 4.63. The Morgan fingerprint density at radius 3 is 2.30 bits per heavy atom. The first-order valence-electron chi connectivity index (χ1n) is 13.1. The first-order valence-corrected chi connectivity index (χ1v) is 13.1. The van der Waals surface area contributed by atoms with Crippen molar-refractivity contribution < 1.29 is 57.3 Å². The van der Waals surface area contributed by atoms with E-state index < -0.39 is 72.5 Å². The van der Waals surface area contributed by atoms with Crippen molar-refractivity contribution >= 4 is 6.16 Å². The molecule has 5 atom stereocenters. The molecule has 2 aliphatic rings. The minimum absolute atomic E-state index is 0.0174. The van der Waals surface area contributed by atoms with E-state index in [9.17, 15) is 38.4 Å². The van der Waals surface area contributed by atoms with Crippen molar-refractivity contribution in [2.75, 3.05) is 13.2 Å². The van der Waals surface area contributed by atoms with Gasteiger partial charge in [-0.2, -0.15) is 13.2 Å². The summed E-state index contributed by atoms with van der Waals surface area (Å²) in [6.45, 7) is 2.71. The van der Waals surface area contributed by atoms with Crippen molar-refractivity contribution in [3.8, 4) is 5.88 Å². The van der Waals surface area contributed by atoms with Gasteiger partial charge in [-0.1, -0.05) is 31.2 Å². The maximum Gasteiger partial charge on any atom is 0.508 e. The van der Waals surface area contributed by atoms with E-state index in [4.69, 9.17) is 14.2 Å². The molecule has 0 spiro atoms. The van der Waals surface area contributed by atoms with E-state index in [1.807, 2.05) is 6.92 Å². The largest absolute Gasteiger partial charge is 0.508 e. The first kappa shape index (κ1) is 30.1. The van der Waals surface area contributed by atoms with Gasteiger partial charge in [0.05, 0.1) is 18.2 Å². The van der Waals surface area contributed by atoms with Crippen LogP contribution in [0.3, 0.4) is 0 Å². The zero-order valence-corrected chi connectivity index (χ0v) is 22.0. The molecule has 0 amide bonds. The zero-order valence-electron chi connectivity index (χ0n) is 22.0. The summed E-state index contributed by atoms with van der Waals surface area (Å²) < 4.78 is 64.3. The van der Waals surface area contributed by atoms with Gasteiger partial charge >= 0.3 is 18.3 Å². The van der Waals surface area contributed by atoms with E-state index in [0.717, 1.165) is 16.7 Å². The van der Waals surface area contributed by atoms with Gasteiger partial charge in [0.15, 0.2) is 6.10 Å². The lowest BCUT2D eigenvalue weighted by Gasteiger charge is -2.44. The summed E-state index contributed by atoms with van der Waals surface area (Å²) in [4.78, 5) is 11.6. The molecule has 1 aliphatic heterocycles. The summed E-state index contributed by atoms with van der Waals surface area (Å²) in [5.41, 5.74) is 0.0170. The molecule has 2 heterocycles. The average molecular weight is 575 g/mol. The van der Waals surface area contributed by atoms with Gasteiger partial charge in [-0.05, 0) is 43.7 Å². The van der Waals surface area contributed by atoms with Crippen LogP contribution in [0.2, 0.25) is 0 Å². The highest BCUT2D eigenvalue weighted by molar-refractivity contribution is 5.59. The molecule has 1 aromatic heterocycles. The molecule has 2 aromatic rings. The van der Waals surface area contributed by atoms with E-state index in [1.165, 1.54) is 6.92 Å². The molecule has 14 heteroatoms. The number of carbonyl (C=O) groups is 1. The lowest BCUT2D eigenvalue weighted by atomic mass is 9.93. The number of hydrogen-bond donors (Lipinski definition) is 4. The molecule has 4 rings (SSSR count). The van der Waals surface area contributed by atoms with Crippen LogP contribution in [0.15, 0.2) is 24.3 Å². The van der Waals surface area contributed by atoms with Crippen molar-refractivity contribution in [2.24, 2.45) is 0 Å². The van der Waals surface area contributed by atoms with Crippen molar-refractivity contribution in [3.05, 3.63) is 46.6 Å². The van der Waals surface area contributed by atoms with Crippen LogP contribution in [0.4, 0.5) is 18.0 Å². The molecule has 0 unspecified atom stereocenters. The Kier molecular flexibility index (Phi) is 8.95. The van der Waals surface area contributed by atoms with Crippen LogP contribution in [0, 0.1) is 0 Å². The van der Waals surface area contributed by atoms with Crippen LogP contribution in [-0.2, 0) is 33.2 Å². The van der Waals surface area contributed by atoms with Crippen LogP contribution in [0.5, 0.6) is 5.88 Å². The van der Waals surface area contributed by atoms with E-state index in [-0.39, 0.29) is 13.0 Å². The third-order valence-corrected chi connectivity index (χ3v) is 7.09. The van der Waals surface area contributed by atoms with E-state index in [2.05, 4.69) is 9.84 Å². The molecule has 0 radical (unpaired) electrons. The number of ether oxygens (including phenoxy) is 4. The number of aromatic nitrogens is 2. The number of carbonyl (C=O) groups excluding carboxylic acids is 1. The summed E-state index contributed by atoms with van der Waals surface area (Å²) in [7, 11) is 0. The van der Waals surface area contributed by atoms with E-state index in [0.29, 0.717) is 24.8 Å². The van der Waals surface area contributed by atoms with Gasteiger partial charge in [0, 0.05) is 6.42 Å². The zero-order chi connectivity index (χ0) is 29.2. The van der Waals surface area contributed by atoms with Crippen molar-refractivity contribution in [1.29, 1.82) is 0 Å². The minimum Gasteiger partial charge on any atom is -0.435 e. The predicted octanol–water partition coefficient (Wildman–Crippen LogP) is 2.46. The molecule has 1 aromatic carbocycles. The standard InChI is InChI=1S/C26H33F3N2O9/c1-3-14-8-10-15(11-9-14)12-17-21(25(27,28)29)31(16-6-5-7-16)30-23(17)40-26(36)22(34)20(33)19(32)18(39-26)13-38-24(35)37-4-2/h8-11,16,18-20,22,32-34,36H,3-7,12-13H2,1-2H3/t18-,19-,20+,22-,26-/m1/s1. The molecule has 0 bridgehead atoms. The van der Waals surface area contributed by atoms with Gasteiger partial charge in [-0.25, -0.2) is 4.79 Å². The number of aryl methyl sites for hydroxylation is 1. The predicted molar refractivity (Wildman–Crippen MR) is 130 cm³/mol. The fourth-order valence-corrected chi connectivity index (χ4v) is 4.63. The molecule has 4 N–H and O–H groups in total. The van der Waals surface area contributed by atoms with Gasteiger partial charge in [-0.3, -0.25) is 4.68 Å². The molecule has 40 heavy (non-hydrogen) atoms. The maximum absolute atomic E-state index is 14.4. The Bertz CT molecular complexity index is 1170. The molecule has 1 aliphatic carbocycles. The molecule has 2 fully saturated rings. The van der Waals surface area contributed by atoms with Gasteiger partial charge in [0.2, 0.25) is 5.88 Å². The number of aliphatic hydroxyl groups is 4. The molecular weight excluding hydrogens is 541 g/mol. The smallest absolute Gasteiger partial charge is 0.435 e. The Balaban J connectivity index is 1.71. The van der Waals surface area contributed by atoms with Crippen LogP contribution >= 0.6 is 0 Å². The topological polar surface area (TPSA) is 153 Å². The van der Waals surface area contributed by atoms with Crippen molar-refractivity contribution in [2.45, 2.75) is 88.6 Å². The normalized spacial score (nSPS) is 27.2. The lowest BCUT2D eigenvalue weighted by molar-refractivity contribution is -0.423. The quantitative estimate of drug-likeness (QED) is 0.260. The molecule has 222 valence electrons. The third-order valence-electron chi connectivity index (χ3n) is 7.09. The van der Waals surface area contributed by atoms with Gasteiger partial charge in [-0.15, -0.1) is 5.10 Å². The average Bonchev–Trinajstić information content (AvgIpc) is 3.20. The van der Waals surface area contributed by atoms with Crippen LogP contribution in [0.1, 0.15) is 61.5 Å². The monoisotopic (exact) mass is 574 g/mol. The molecule has 11 nitrogen and oxygen atoms in total. The van der Waals surface area contributed by atoms with Gasteiger partial charge in [0.25, 0.3) is 0 Å². The highest BCUT2D eigenvalue weighted by atomic mass is 19.4. The first-order chi connectivity index (χ1) is 18.9. The van der Waals surface area contributed by atoms with Gasteiger partial charge < -0.3 is 39.4 Å². The highest BCUT2D eigenvalue weighted by Gasteiger charge is 2.56. The van der Waals surface area contributed by atoms with E-state index in [1.54, 1.807) is 24.3 Å². The maximum atomic E-state index is 14.4. The molecule has 1 saturated heterocycles. The second-order valence-electron chi connectivity index (χ2n) is 9.82. The Labute approximate surface area is 228 Å². The van der Waals surface area contributed by atoms with Crippen LogP contribution in [-0.4, -0.2) is 80.0 Å². The number of aliphatic hydroxyl groups excluding tert-OH is 3. The number of benzene rings is 1. The van der Waals surface area contributed by atoms with Crippen molar-refractivity contribution in [3.63, 3.8) is 0 Å². The lowest BCUT2D eigenvalue weighted by Crippen LogP contribution is -2.67. The summed E-state index contributed by atoms with van der Waals surface area (Å²) in [5.74, 6) is -3.84. The highest BCUT2D eigenvalue weighted by Crippen LogP contribution is 2.44. The summed E-state index contributed by atoms with van der Waals surface area (Å²) in [5, 5.41) is 46.4. The SMILES string of the molecule is CCOC(=O)OC[C@H]1O[C@@](O)(Oc2nn(C3CCC3)c(C(F)(F)F)c2Cc2ccc(CC)cc2)[C@H](O)[C@@H](O)[C@@H]1O. The number of hydrogen-bond acceptors (Lipinski definition) is 10. The van der Waals surface area contributed by atoms with Crippen LogP contribution < -0.4 is 4.74 Å². The Morgan fingerprint density at radius 1 is 1.10 bits per heavy atom.